The number of nitrogens with zero attached hydrogens (tertiary/aromatic N) is 1. The number of benzene rings is 4. The predicted molar refractivity (Wildman–Crippen MR) is 176 cm³/mol. The molecule has 230 valence electrons. The maximum absolute atomic E-state index is 11.3. The Bertz CT molecular complexity index is 1720. The number of H-pyrrole nitrogens is 1. The van der Waals surface area contributed by atoms with Gasteiger partial charge in [-0.2, -0.15) is 0 Å². The van der Waals surface area contributed by atoms with Gasteiger partial charge < -0.3 is 9.84 Å². The maximum Gasteiger partial charge on any atom is 0.439 e. The number of hydrogen-bond acceptors (Lipinski definition) is 5. The molecule has 0 spiro atoms. The van der Waals surface area contributed by atoms with Crippen LogP contribution in [0.3, 0.4) is 0 Å². The highest BCUT2D eigenvalue weighted by atomic mass is 16.5. The molecule has 1 aromatic heterocycles. The first-order valence-corrected chi connectivity index (χ1v) is 15.4. The van der Waals surface area contributed by atoms with E-state index in [0.29, 0.717) is 12.4 Å². The largest absolute Gasteiger partial charge is 0.493 e. The molecule has 0 amide bonds. The van der Waals surface area contributed by atoms with E-state index in [-0.39, 0.29) is 11.5 Å². The first-order valence-electron chi connectivity index (χ1n) is 15.4. The summed E-state index contributed by atoms with van der Waals surface area (Å²) in [6.07, 6.45) is 11.3. The lowest BCUT2D eigenvalue weighted by Gasteiger charge is -2.15. The minimum Gasteiger partial charge on any atom is -0.493 e. The highest BCUT2D eigenvalue weighted by Gasteiger charge is 2.11. The van der Waals surface area contributed by atoms with Crippen molar-refractivity contribution in [2.24, 2.45) is 5.92 Å². The van der Waals surface area contributed by atoms with E-state index in [1.165, 1.54) is 5.56 Å². The van der Waals surface area contributed by atoms with E-state index < -0.39 is 11.7 Å². The Hall–Kier alpha value is -5.17. The van der Waals surface area contributed by atoms with Crippen LogP contribution in [0.25, 0.3) is 17.5 Å². The fourth-order valence-electron chi connectivity index (χ4n) is 5.31. The number of nitrogens with one attached hydrogen (secondary N) is 1. The topological polar surface area (TPSA) is 105 Å². The van der Waals surface area contributed by atoms with Crippen LogP contribution >= 0.6 is 0 Å². The van der Waals surface area contributed by atoms with Crippen molar-refractivity contribution in [2.45, 2.75) is 44.9 Å². The SMILES string of the molecule is O=C(O)c1ccc(CCC(C=Cc2ccccc2OCCCCCc2ccccc2)Cc2ccc(-c3noc(=O)[nH]3)cc2)cc1. The minimum atomic E-state index is -0.923. The predicted octanol–water partition coefficient (Wildman–Crippen LogP) is 8.02. The lowest BCUT2D eigenvalue weighted by Crippen LogP contribution is -2.05. The van der Waals surface area contributed by atoms with Gasteiger partial charge in [0.25, 0.3) is 0 Å². The van der Waals surface area contributed by atoms with Crippen LogP contribution in [0.1, 0.15) is 58.3 Å². The van der Waals surface area contributed by atoms with E-state index in [9.17, 15) is 14.7 Å². The zero-order chi connectivity index (χ0) is 31.3. The van der Waals surface area contributed by atoms with E-state index in [1.54, 1.807) is 12.1 Å². The van der Waals surface area contributed by atoms with Gasteiger partial charge in [0.05, 0.1) is 12.2 Å². The second-order valence-electron chi connectivity index (χ2n) is 11.2. The van der Waals surface area contributed by atoms with Gasteiger partial charge >= 0.3 is 11.7 Å². The molecule has 1 heterocycles. The molecule has 7 nitrogen and oxygen atoms in total. The molecular weight excluding hydrogens is 564 g/mol. The third kappa shape index (κ3) is 9.66. The van der Waals surface area contributed by atoms with Gasteiger partial charge in [-0.05, 0) is 85.8 Å². The summed E-state index contributed by atoms with van der Waals surface area (Å²) in [6, 6.07) is 33.8. The third-order valence-corrected chi connectivity index (χ3v) is 7.85. The van der Waals surface area contributed by atoms with Crippen molar-refractivity contribution in [3.63, 3.8) is 0 Å². The summed E-state index contributed by atoms with van der Waals surface area (Å²) in [4.78, 5) is 25.2. The first-order chi connectivity index (χ1) is 22.0. The first kappa shape index (κ1) is 31.3. The fourth-order valence-corrected chi connectivity index (χ4v) is 5.31. The number of aryl methyl sites for hydroxylation is 2. The Morgan fingerprint density at radius 1 is 0.822 bits per heavy atom. The van der Waals surface area contributed by atoms with Gasteiger partial charge in [0.15, 0.2) is 5.82 Å². The fraction of sp³-hybridized carbons (Fsp3) is 0.237. The van der Waals surface area contributed by atoms with E-state index in [4.69, 9.17) is 4.74 Å². The zero-order valence-corrected chi connectivity index (χ0v) is 25.2. The van der Waals surface area contributed by atoms with Crippen LogP contribution in [0.4, 0.5) is 0 Å². The van der Waals surface area contributed by atoms with Crippen LogP contribution in [0.15, 0.2) is 119 Å². The van der Waals surface area contributed by atoms with Gasteiger partial charge in [0.2, 0.25) is 0 Å². The Labute approximate surface area is 263 Å². The molecule has 0 aliphatic carbocycles. The average molecular weight is 603 g/mol. The van der Waals surface area contributed by atoms with Gasteiger partial charge in [-0.15, -0.1) is 0 Å². The van der Waals surface area contributed by atoms with Crippen LogP contribution in [0.2, 0.25) is 0 Å². The van der Waals surface area contributed by atoms with Gasteiger partial charge in [-0.3, -0.25) is 9.51 Å². The number of aromatic amines is 1. The number of para-hydroxylation sites is 1. The molecule has 7 heteroatoms. The van der Waals surface area contributed by atoms with Gasteiger partial charge in [-0.1, -0.05) is 102 Å². The van der Waals surface area contributed by atoms with Crippen molar-refractivity contribution in [1.82, 2.24) is 10.1 Å². The van der Waals surface area contributed by atoms with Crippen LogP contribution in [-0.2, 0) is 19.3 Å². The summed E-state index contributed by atoms with van der Waals surface area (Å²) >= 11 is 0. The average Bonchev–Trinajstić information content (AvgIpc) is 3.51. The molecule has 1 atom stereocenters. The standard InChI is InChI=1S/C38H38N2O5/c41-37(42)34-24-16-29(17-25-34)14-15-30(27-31-19-22-33(23-20-31)36-39-38(43)45-40-36)18-21-32-12-6-7-13-35(32)44-26-8-2-5-11-28-9-3-1-4-10-28/h1,3-4,6-7,9-10,12-13,16-25,30H,2,5,8,11,14-15,26-27H2,(H,41,42)(H,39,40,43). The van der Waals surface area contributed by atoms with E-state index in [2.05, 4.69) is 63.2 Å². The van der Waals surface area contributed by atoms with Crippen LogP contribution in [-0.4, -0.2) is 27.8 Å². The summed E-state index contributed by atoms with van der Waals surface area (Å²) in [6.45, 7) is 0.679. The van der Waals surface area contributed by atoms with Crippen LogP contribution < -0.4 is 10.5 Å². The molecule has 4 aromatic carbocycles. The number of aromatic carboxylic acids is 1. The molecule has 0 saturated carbocycles. The molecule has 5 rings (SSSR count). The molecule has 0 fully saturated rings. The molecule has 1 unspecified atom stereocenters. The lowest BCUT2D eigenvalue weighted by molar-refractivity contribution is 0.0697. The number of hydrogen-bond donors (Lipinski definition) is 2. The van der Waals surface area contributed by atoms with Gasteiger partial charge in [0.1, 0.15) is 5.75 Å². The smallest absolute Gasteiger partial charge is 0.439 e. The quantitative estimate of drug-likeness (QED) is 0.111. The summed E-state index contributed by atoms with van der Waals surface area (Å²) in [5.41, 5.74) is 5.74. The maximum atomic E-state index is 11.3. The molecule has 45 heavy (non-hydrogen) atoms. The Morgan fingerprint density at radius 2 is 1.53 bits per heavy atom. The number of rotatable bonds is 16. The van der Waals surface area contributed by atoms with Gasteiger partial charge in [0, 0.05) is 11.1 Å². The van der Waals surface area contributed by atoms with Crippen molar-refractivity contribution < 1.29 is 19.2 Å². The number of carboxylic acid groups (broad SMARTS) is 1. The lowest BCUT2D eigenvalue weighted by atomic mass is 9.91. The minimum absolute atomic E-state index is 0.216. The molecule has 0 aliphatic rings. The highest BCUT2D eigenvalue weighted by molar-refractivity contribution is 5.87. The Morgan fingerprint density at radius 3 is 2.27 bits per heavy atom. The summed E-state index contributed by atoms with van der Waals surface area (Å²) < 4.78 is 10.9. The molecule has 2 N–H and O–H groups in total. The number of carboxylic acids is 1. The second-order valence-corrected chi connectivity index (χ2v) is 11.2. The summed E-state index contributed by atoms with van der Waals surface area (Å²) in [5.74, 6) is -0.00385. The molecule has 0 bridgehead atoms. The van der Waals surface area contributed by atoms with Gasteiger partial charge in [-0.25, -0.2) is 9.59 Å². The van der Waals surface area contributed by atoms with E-state index in [0.717, 1.165) is 72.9 Å². The molecular formula is C38H38N2O5. The number of ether oxygens (including phenoxy) is 1. The van der Waals surface area contributed by atoms with Crippen molar-refractivity contribution in [3.8, 4) is 17.1 Å². The van der Waals surface area contributed by atoms with Crippen molar-refractivity contribution >= 4 is 12.0 Å². The normalized spacial score (nSPS) is 11.9. The number of allylic oxidation sites excluding steroid dienone is 1. The van der Waals surface area contributed by atoms with E-state index >= 15 is 0 Å². The molecule has 5 aromatic rings. The Balaban J connectivity index is 1.22. The number of aromatic nitrogens is 2. The number of carbonyl (C=O) groups is 1. The van der Waals surface area contributed by atoms with E-state index in [1.807, 2.05) is 54.6 Å². The van der Waals surface area contributed by atoms with Crippen molar-refractivity contribution in [3.05, 3.63) is 148 Å². The third-order valence-electron chi connectivity index (χ3n) is 7.85. The molecule has 0 saturated heterocycles. The molecule has 0 radical (unpaired) electrons. The zero-order valence-electron chi connectivity index (χ0n) is 25.2. The second kappa shape index (κ2) is 16.1. The number of unbranched alkanes of at least 4 members (excludes halogenated alkanes) is 2. The van der Waals surface area contributed by atoms with Crippen LogP contribution in [0, 0.1) is 5.92 Å². The van der Waals surface area contributed by atoms with Crippen molar-refractivity contribution in [2.75, 3.05) is 6.61 Å². The summed E-state index contributed by atoms with van der Waals surface area (Å²) in [7, 11) is 0. The van der Waals surface area contributed by atoms with Crippen molar-refractivity contribution in [1.29, 1.82) is 0 Å². The molecule has 0 aliphatic heterocycles. The van der Waals surface area contributed by atoms with Crippen LogP contribution in [0.5, 0.6) is 5.75 Å². The summed E-state index contributed by atoms with van der Waals surface area (Å²) in [5, 5.41) is 13.0. The Kier molecular flexibility index (Phi) is 11.2. The monoisotopic (exact) mass is 602 g/mol. The highest BCUT2D eigenvalue weighted by Crippen LogP contribution is 2.25.